The zero-order chi connectivity index (χ0) is 15.0. The van der Waals surface area contributed by atoms with Crippen LogP contribution < -0.4 is 10.6 Å². The molecule has 112 valence electrons. The van der Waals surface area contributed by atoms with Gasteiger partial charge in [0.25, 0.3) is 5.96 Å². The van der Waals surface area contributed by atoms with Gasteiger partial charge in [-0.1, -0.05) is 13.8 Å². The Morgan fingerprint density at radius 1 is 1.16 bits per heavy atom. The van der Waals surface area contributed by atoms with Crippen molar-refractivity contribution in [1.29, 1.82) is 0 Å². The van der Waals surface area contributed by atoms with Gasteiger partial charge in [0, 0.05) is 6.04 Å². The molecule has 0 fully saturated rings. The van der Waals surface area contributed by atoms with E-state index in [1.807, 2.05) is 37.7 Å². The van der Waals surface area contributed by atoms with Crippen LogP contribution in [-0.4, -0.2) is 61.7 Å². The van der Waals surface area contributed by atoms with Gasteiger partial charge in [-0.3, -0.25) is 9.48 Å². The van der Waals surface area contributed by atoms with Gasteiger partial charge in [0.15, 0.2) is 0 Å². The molecule has 2 N–H and O–H groups in total. The largest absolute Gasteiger partial charge is 0.354 e. The summed E-state index contributed by atoms with van der Waals surface area (Å²) in [5.41, 5.74) is 0. The van der Waals surface area contributed by atoms with Crippen LogP contribution in [0.15, 0.2) is 4.99 Å². The smallest absolute Gasteiger partial charge is 0.341 e. The molecule has 0 bridgehead atoms. The van der Waals surface area contributed by atoms with E-state index >= 15 is 0 Å². The topological polar surface area (TPSA) is 42.7 Å². The first-order valence-electron chi connectivity index (χ1n) is 7.14. The molecule has 0 spiro atoms. The fraction of sp³-hybridized carbons (Fsp3) is 0.857. The lowest BCUT2D eigenvalue weighted by atomic mass is 10.2. The van der Waals surface area contributed by atoms with Crippen molar-refractivity contribution in [3.05, 3.63) is 0 Å². The predicted molar refractivity (Wildman–Crippen MR) is 84.0 cm³/mol. The summed E-state index contributed by atoms with van der Waals surface area (Å²) in [6.07, 6.45) is 2.10. The number of hydrogen-bond donors (Lipinski definition) is 2. The molecule has 0 rings (SSSR count). The van der Waals surface area contributed by atoms with E-state index in [-0.39, 0.29) is 0 Å². The van der Waals surface area contributed by atoms with Crippen LogP contribution in [0.4, 0.5) is 0 Å². The third-order valence-electron chi connectivity index (χ3n) is 3.01. The van der Waals surface area contributed by atoms with Gasteiger partial charge in [0.05, 0.1) is 34.2 Å². The van der Waals surface area contributed by atoms with E-state index in [4.69, 9.17) is 4.99 Å². The monoisotopic (exact) mass is 270 g/mol. The lowest BCUT2D eigenvalue weighted by Gasteiger charge is -2.18. The van der Waals surface area contributed by atoms with E-state index in [1.54, 1.807) is 0 Å². The molecule has 5 heteroatoms. The summed E-state index contributed by atoms with van der Waals surface area (Å²) in [7, 11) is 8.08. The molecule has 0 aromatic rings. The van der Waals surface area contributed by atoms with Crippen LogP contribution in [0.5, 0.6) is 0 Å². The maximum atomic E-state index is 4.71. The minimum Gasteiger partial charge on any atom is -0.341 e. The number of nitrogens with zero attached hydrogens (tertiary/aromatic N) is 3. The molecule has 0 saturated carbocycles. The lowest BCUT2D eigenvalue weighted by molar-refractivity contribution is -0.471. The summed E-state index contributed by atoms with van der Waals surface area (Å²) in [5.74, 6) is 1.86. The molecule has 0 saturated heterocycles. The molecule has 2 unspecified atom stereocenters. The zero-order valence-corrected chi connectivity index (χ0v) is 13.9. The normalized spacial score (nSPS) is 14.6. The van der Waals surface area contributed by atoms with Crippen molar-refractivity contribution in [2.75, 3.05) is 28.2 Å². The molecule has 0 aromatic heterocycles. The molecular weight excluding hydrogens is 238 g/mol. The predicted octanol–water partition coefficient (Wildman–Crippen LogP) is 1.31. The molecule has 0 aliphatic carbocycles. The minimum atomic E-state index is 0.310. The van der Waals surface area contributed by atoms with Crippen molar-refractivity contribution in [2.45, 2.75) is 52.6 Å². The molecule has 5 nitrogen and oxygen atoms in total. The Bertz CT molecular complexity index is 316. The second-order valence-electron chi connectivity index (χ2n) is 5.43. The molecule has 0 aliphatic heterocycles. The number of nitrogens with one attached hydrogen (secondary N) is 2. The molecular formula is C14H32N5+. The number of hydrogen-bond acceptors (Lipinski definition) is 1. The summed E-state index contributed by atoms with van der Waals surface area (Å²) in [6, 6.07) is 0.713. The van der Waals surface area contributed by atoms with Crippen LogP contribution in [0.1, 0.15) is 40.5 Å². The number of aliphatic imine (C=N–C) groups is 1. The second-order valence-corrected chi connectivity index (χ2v) is 5.43. The molecule has 19 heavy (non-hydrogen) atoms. The molecule has 0 radical (unpaired) electrons. The minimum absolute atomic E-state index is 0.310. The van der Waals surface area contributed by atoms with Crippen LogP contribution in [0, 0.1) is 0 Å². The molecule has 0 amide bonds. The van der Waals surface area contributed by atoms with E-state index < -0.39 is 0 Å². The van der Waals surface area contributed by atoms with Crippen LogP contribution in [0.3, 0.4) is 0 Å². The van der Waals surface area contributed by atoms with Gasteiger partial charge in [0.2, 0.25) is 0 Å². The van der Waals surface area contributed by atoms with E-state index in [9.17, 15) is 0 Å². The summed E-state index contributed by atoms with van der Waals surface area (Å²) < 4.78 is 2.05. The molecule has 2 atom stereocenters. The van der Waals surface area contributed by atoms with Gasteiger partial charge < -0.3 is 5.32 Å². The van der Waals surface area contributed by atoms with Crippen LogP contribution >= 0.6 is 0 Å². The van der Waals surface area contributed by atoms with Crippen molar-refractivity contribution >= 4 is 11.9 Å². The Morgan fingerprint density at radius 3 is 2.11 bits per heavy atom. The maximum Gasteiger partial charge on any atom is 0.354 e. The zero-order valence-electron chi connectivity index (χ0n) is 13.9. The van der Waals surface area contributed by atoms with Crippen molar-refractivity contribution in [2.24, 2.45) is 4.99 Å². The van der Waals surface area contributed by atoms with Gasteiger partial charge in [-0.25, -0.2) is 10.3 Å². The Morgan fingerprint density at radius 2 is 1.74 bits per heavy atom. The van der Waals surface area contributed by atoms with Gasteiger partial charge in [-0.2, -0.15) is 0 Å². The Hall–Kier alpha value is -1.26. The SMILES string of the molecule is CCC(C)N=C(NC(N(C)C)=[N+](C)C)NC(C)CC. The fourth-order valence-electron chi connectivity index (χ4n) is 1.48. The van der Waals surface area contributed by atoms with E-state index in [2.05, 4.69) is 38.3 Å². The highest BCUT2D eigenvalue weighted by Gasteiger charge is 2.16. The first-order chi connectivity index (χ1) is 8.81. The summed E-state index contributed by atoms with van der Waals surface area (Å²) in [4.78, 5) is 6.75. The van der Waals surface area contributed by atoms with E-state index in [1.165, 1.54) is 0 Å². The van der Waals surface area contributed by atoms with Gasteiger partial charge in [-0.15, -0.1) is 0 Å². The van der Waals surface area contributed by atoms with Gasteiger partial charge >= 0.3 is 5.96 Å². The molecule has 0 aliphatic rings. The Balaban J connectivity index is 5.04. The molecule has 0 heterocycles. The van der Waals surface area contributed by atoms with Crippen LogP contribution in [0.2, 0.25) is 0 Å². The maximum absolute atomic E-state index is 4.71. The third kappa shape index (κ3) is 7.03. The quantitative estimate of drug-likeness (QED) is 0.460. The summed E-state index contributed by atoms with van der Waals surface area (Å²) in [6.45, 7) is 8.61. The van der Waals surface area contributed by atoms with Crippen molar-refractivity contribution < 1.29 is 4.58 Å². The average molecular weight is 270 g/mol. The number of rotatable bonds is 4. The first kappa shape index (κ1) is 17.7. The molecule has 0 aromatic carbocycles. The van der Waals surface area contributed by atoms with E-state index in [0.717, 1.165) is 24.8 Å². The van der Waals surface area contributed by atoms with Crippen LogP contribution in [0.25, 0.3) is 0 Å². The first-order valence-corrected chi connectivity index (χ1v) is 7.14. The summed E-state index contributed by atoms with van der Waals surface area (Å²) in [5, 5.41) is 6.83. The van der Waals surface area contributed by atoms with Gasteiger partial charge in [0.1, 0.15) is 0 Å². The Labute approximate surface area is 118 Å². The third-order valence-corrected chi connectivity index (χ3v) is 3.01. The van der Waals surface area contributed by atoms with Gasteiger partial charge in [-0.05, 0) is 26.7 Å². The average Bonchev–Trinajstić information content (AvgIpc) is 2.34. The van der Waals surface area contributed by atoms with Crippen molar-refractivity contribution in [1.82, 2.24) is 15.5 Å². The highest BCUT2D eigenvalue weighted by Crippen LogP contribution is 1.96. The lowest BCUT2D eigenvalue weighted by Crippen LogP contribution is -2.51. The van der Waals surface area contributed by atoms with Crippen molar-refractivity contribution in [3.63, 3.8) is 0 Å². The highest BCUT2D eigenvalue weighted by molar-refractivity contribution is 5.96. The standard InChI is InChI=1S/C14H31N5/c1-9-11(3)15-13(16-12(4)10-2)17-14(18(5)6)19(7)8/h11-12H,9-10H2,1-8H3,(H,15,16)/p+1. The van der Waals surface area contributed by atoms with Crippen molar-refractivity contribution in [3.8, 4) is 0 Å². The fourth-order valence-corrected chi connectivity index (χ4v) is 1.48. The Kier molecular flexibility index (Phi) is 8.19. The number of guanidine groups is 2. The van der Waals surface area contributed by atoms with E-state index in [0.29, 0.717) is 12.1 Å². The highest BCUT2D eigenvalue weighted by atomic mass is 15.4. The van der Waals surface area contributed by atoms with Crippen LogP contribution in [-0.2, 0) is 0 Å². The second kappa shape index (κ2) is 8.77. The summed E-state index contributed by atoms with van der Waals surface area (Å²) >= 11 is 0.